The summed E-state index contributed by atoms with van der Waals surface area (Å²) in [5, 5.41) is 9.26. The van der Waals surface area contributed by atoms with Gasteiger partial charge in [0, 0.05) is 6.54 Å². The van der Waals surface area contributed by atoms with Gasteiger partial charge in [0.1, 0.15) is 23.2 Å². The number of ether oxygens (including phenoxy) is 1. The Morgan fingerprint density at radius 1 is 1.20 bits per heavy atom. The summed E-state index contributed by atoms with van der Waals surface area (Å²) in [7, 11) is 0. The molecule has 0 spiro atoms. The number of pyridine rings is 1. The van der Waals surface area contributed by atoms with Crippen molar-refractivity contribution < 1.29 is 17.9 Å². The van der Waals surface area contributed by atoms with Gasteiger partial charge in [-0.1, -0.05) is 30.3 Å². The van der Waals surface area contributed by atoms with E-state index in [4.69, 9.17) is 4.74 Å². The Balaban J connectivity index is 1.98. The summed E-state index contributed by atoms with van der Waals surface area (Å²) in [6.45, 7) is 2.88. The first-order valence-electron chi connectivity index (χ1n) is 7.76. The zero-order valence-electron chi connectivity index (χ0n) is 13.5. The molecule has 7 heteroatoms. The maximum Gasteiger partial charge on any atom is 0.433 e. The average molecular weight is 347 g/mol. The Labute approximate surface area is 143 Å². The van der Waals surface area contributed by atoms with Gasteiger partial charge < -0.3 is 9.64 Å². The lowest BCUT2D eigenvalue weighted by Crippen LogP contribution is -2.49. The highest BCUT2D eigenvalue weighted by atomic mass is 19.4. The van der Waals surface area contributed by atoms with Crippen LogP contribution in [0.2, 0.25) is 0 Å². The van der Waals surface area contributed by atoms with Crippen molar-refractivity contribution in [1.82, 2.24) is 4.98 Å². The van der Waals surface area contributed by atoms with Gasteiger partial charge in [0.25, 0.3) is 0 Å². The molecular weight excluding hydrogens is 331 g/mol. The van der Waals surface area contributed by atoms with Gasteiger partial charge in [0.15, 0.2) is 0 Å². The highest BCUT2D eigenvalue weighted by Gasteiger charge is 2.37. The van der Waals surface area contributed by atoms with Crippen LogP contribution in [0.4, 0.5) is 19.0 Å². The molecule has 0 amide bonds. The molecule has 0 N–H and O–H groups in total. The van der Waals surface area contributed by atoms with E-state index in [9.17, 15) is 18.4 Å². The van der Waals surface area contributed by atoms with Crippen LogP contribution >= 0.6 is 0 Å². The Hall–Kier alpha value is -2.59. The van der Waals surface area contributed by atoms with E-state index < -0.39 is 17.5 Å². The van der Waals surface area contributed by atoms with Crippen LogP contribution in [0, 0.1) is 11.3 Å². The van der Waals surface area contributed by atoms with Crippen LogP contribution < -0.4 is 4.90 Å². The molecule has 25 heavy (non-hydrogen) atoms. The number of hydrogen-bond acceptors (Lipinski definition) is 4. The third-order valence-corrected chi connectivity index (χ3v) is 4.24. The molecule has 4 nitrogen and oxygen atoms in total. The van der Waals surface area contributed by atoms with Crippen LogP contribution in [-0.4, -0.2) is 24.7 Å². The van der Waals surface area contributed by atoms with Crippen molar-refractivity contribution in [3.63, 3.8) is 0 Å². The number of nitrogens with zero attached hydrogens (tertiary/aromatic N) is 3. The molecule has 3 rings (SSSR count). The largest absolute Gasteiger partial charge is 0.433 e. The summed E-state index contributed by atoms with van der Waals surface area (Å²) in [5.74, 6) is 0.0442. The minimum absolute atomic E-state index is 0.0442. The highest BCUT2D eigenvalue weighted by molar-refractivity contribution is 5.55. The van der Waals surface area contributed by atoms with Crippen molar-refractivity contribution in [3.05, 3.63) is 59.3 Å². The fraction of sp³-hybridized carbons (Fsp3) is 0.333. The van der Waals surface area contributed by atoms with Crippen molar-refractivity contribution in [2.24, 2.45) is 0 Å². The number of hydrogen-bond donors (Lipinski definition) is 0. The minimum Gasteiger partial charge on any atom is -0.367 e. The number of benzene rings is 1. The van der Waals surface area contributed by atoms with Gasteiger partial charge in [0.2, 0.25) is 0 Å². The quantitative estimate of drug-likeness (QED) is 0.831. The van der Waals surface area contributed by atoms with E-state index in [2.05, 4.69) is 4.98 Å². The number of anilines is 1. The monoisotopic (exact) mass is 347 g/mol. The molecule has 0 aliphatic carbocycles. The number of nitriles is 1. The van der Waals surface area contributed by atoms with Crippen molar-refractivity contribution in [2.45, 2.75) is 18.7 Å². The van der Waals surface area contributed by atoms with Crippen molar-refractivity contribution in [2.75, 3.05) is 24.6 Å². The summed E-state index contributed by atoms with van der Waals surface area (Å²) < 4.78 is 44.9. The lowest BCUT2D eigenvalue weighted by Gasteiger charge is -2.41. The number of halogens is 3. The van der Waals surface area contributed by atoms with E-state index in [0.717, 1.165) is 11.6 Å². The van der Waals surface area contributed by atoms with Gasteiger partial charge >= 0.3 is 6.18 Å². The molecule has 0 saturated carbocycles. The summed E-state index contributed by atoms with van der Waals surface area (Å²) >= 11 is 0. The predicted octanol–water partition coefficient (Wildman–Crippen LogP) is 3.72. The molecule has 0 radical (unpaired) electrons. The van der Waals surface area contributed by atoms with Crippen LogP contribution in [0.25, 0.3) is 0 Å². The Bertz CT molecular complexity index is 801. The van der Waals surface area contributed by atoms with Gasteiger partial charge in [0.05, 0.1) is 18.7 Å². The van der Waals surface area contributed by atoms with E-state index >= 15 is 0 Å². The Morgan fingerprint density at radius 3 is 2.56 bits per heavy atom. The van der Waals surface area contributed by atoms with Crippen LogP contribution in [0.15, 0.2) is 42.5 Å². The molecule has 1 aliphatic rings. The number of aromatic nitrogens is 1. The van der Waals surface area contributed by atoms with Crippen molar-refractivity contribution in [3.8, 4) is 6.07 Å². The van der Waals surface area contributed by atoms with E-state index in [-0.39, 0.29) is 11.4 Å². The zero-order valence-corrected chi connectivity index (χ0v) is 13.5. The highest BCUT2D eigenvalue weighted by Crippen LogP contribution is 2.34. The fourth-order valence-corrected chi connectivity index (χ4v) is 2.95. The van der Waals surface area contributed by atoms with Gasteiger partial charge in [-0.2, -0.15) is 18.4 Å². The minimum atomic E-state index is -4.56. The van der Waals surface area contributed by atoms with E-state index in [1.54, 1.807) is 4.90 Å². The smallest absolute Gasteiger partial charge is 0.367 e. The number of morpholine rings is 1. The molecule has 1 fully saturated rings. The van der Waals surface area contributed by atoms with Crippen LogP contribution in [0.3, 0.4) is 0 Å². The summed E-state index contributed by atoms with van der Waals surface area (Å²) in [6, 6.07) is 13.4. The molecule has 0 bridgehead atoms. The van der Waals surface area contributed by atoms with Crippen molar-refractivity contribution >= 4 is 5.82 Å². The summed E-state index contributed by atoms with van der Waals surface area (Å²) in [4.78, 5) is 5.41. The van der Waals surface area contributed by atoms with Gasteiger partial charge in [-0.05, 0) is 24.6 Å². The lowest BCUT2D eigenvalue weighted by molar-refractivity contribution is -0.141. The number of rotatable bonds is 2. The molecule has 130 valence electrons. The Morgan fingerprint density at radius 2 is 1.92 bits per heavy atom. The summed E-state index contributed by atoms with van der Waals surface area (Å²) in [6.07, 6.45) is -4.56. The molecule has 1 aromatic carbocycles. The maximum atomic E-state index is 13.0. The van der Waals surface area contributed by atoms with Crippen LogP contribution in [-0.2, 0) is 16.5 Å². The van der Waals surface area contributed by atoms with Crippen LogP contribution in [0.5, 0.6) is 0 Å². The van der Waals surface area contributed by atoms with Gasteiger partial charge in [-0.3, -0.25) is 0 Å². The molecule has 1 atom stereocenters. The maximum absolute atomic E-state index is 13.0. The second kappa shape index (κ2) is 6.37. The van der Waals surface area contributed by atoms with E-state index in [0.29, 0.717) is 19.7 Å². The molecule has 2 heterocycles. The SMILES string of the molecule is CC1(c2ccccc2)CN(c2nc(C(F)(F)F)ccc2C#N)CCO1. The predicted molar refractivity (Wildman–Crippen MR) is 85.9 cm³/mol. The molecule has 1 aromatic heterocycles. The third kappa shape index (κ3) is 3.44. The molecule has 1 unspecified atom stereocenters. The fourth-order valence-electron chi connectivity index (χ4n) is 2.95. The first-order valence-corrected chi connectivity index (χ1v) is 7.76. The standard InChI is InChI=1S/C18H16F3N3O/c1-17(14-5-3-2-4-6-14)12-24(9-10-25-17)16-13(11-22)7-8-15(23-16)18(19,20)21/h2-8H,9-10,12H2,1H3. The van der Waals surface area contributed by atoms with Gasteiger partial charge in [-0.15, -0.1) is 0 Å². The van der Waals surface area contributed by atoms with Gasteiger partial charge in [-0.25, -0.2) is 4.98 Å². The molecule has 1 aliphatic heterocycles. The third-order valence-electron chi connectivity index (χ3n) is 4.24. The topological polar surface area (TPSA) is 49.2 Å². The molecule has 2 aromatic rings. The van der Waals surface area contributed by atoms with E-state index in [1.807, 2.05) is 43.3 Å². The second-order valence-corrected chi connectivity index (χ2v) is 6.04. The molecule has 1 saturated heterocycles. The molecular formula is C18H16F3N3O. The zero-order chi connectivity index (χ0) is 18.1. The first-order chi connectivity index (χ1) is 11.8. The van der Waals surface area contributed by atoms with E-state index in [1.165, 1.54) is 6.07 Å². The van der Waals surface area contributed by atoms with Crippen molar-refractivity contribution in [1.29, 1.82) is 5.26 Å². The normalized spacial score (nSPS) is 21.0. The lowest BCUT2D eigenvalue weighted by atomic mass is 9.93. The second-order valence-electron chi connectivity index (χ2n) is 6.04. The van der Waals surface area contributed by atoms with Crippen LogP contribution in [0.1, 0.15) is 23.7 Å². The summed E-state index contributed by atoms with van der Waals surface area (Å²) in [5.41, 5.74) is -0.660. The number of alkyl halides is 3. The average Bonchev–Trinajstić information content (AvgIpc) is 2.61. The first kappa shape index (κ1) is 17.2. The Kier molecular flexibility index (Phi) is 4.39.